The molecule has 0 bridgehead atoms. The third-order valence-electron chi connectivity index (χ3n) is 4.61. The zero-order chi connectivity index (χ0) is 18.9. The second-order valence-corrected chi connectivity index (χ2v) is 6.75. The maximum Gasteiger partial charge on any atom is 0.416 e. The van der Waals surface area contributed by atoms with E-state index in [1.165, 1.54) is 6.07 Å². The first-order valence-electron chi connectivity index (χ1n) is 8.18. The number of hydrogen-bond donors (Lipinski definition) is 1. The Labute approximate surface area is 154 Å². The molecule has 0 amide bonds. The van der Waals surface area contributed by atoms with E-state index in [0.29, 0.717) is 35.5 Å². The number of halogens is 4. The van der Waals surface area contributed by atoms with Gasteiger partial charge in [0, 0.05) is 11.6 Å². The molecule has 0 aromatic heterocycles. The number of benzene rings is 2. The summed E-state index contributed by atoms with van der Waals surface area (Å²) >= 11 is 6.07. The molecule has 3 nitrogen and oxygen atoms in total. The minimum absolute atomic E-state index is 0.398. The van der Waals surface area contributed by atoms with Crippen LogP contribution < -0.4 is 0 Å². The van der Waals surface area contributed by atoms with Crippen LogP contribution >= 0.6 is 11.6 Å². The largest absolute Gasteiger partial charge is 0.480 e. The van der Waals surface area contributed by atoms with Crippen LogP contribution in [0.4, 0.5) is 13.2 Å². The Hall–Kier alpha value is -2.05. The molecule has 1 saturated heterocycles. The monoisotopic (exact) mass is 383 g/mol. The zero-order valence-corrected chi connectivity index (χ0v) is 14.5. The molecule has 2 aromatic rings. The maximum atomic E-state index is 13.2. The highest BCUT2D eigenvalue weighted by Crippen LogP contribution is 2.38. The van der Waals surface area contributed by atoms with E-state index in [1.54, 1.807) is 35.2 Å². The van der Waals surface area contributed by atoms with Crippen molar-refractivity contribution in [3.05, 3.63) is 70.2 Å². The number of rotatable bonds is 4. The first-order chi connectivity index (χ1) is 12.3. The molecule has 1 N–H and O–H groups in total. The molecule has 26 heavy (non-hydrogen) atoms. The Balaban J connectivity index is 2.11. The number of carboxylic acid groups (broad SMARTS) is 1. The quantitative estimate of drug-likeness (QED) is 0.808. The van der Waals surface area contributed by atoms with Crippen molar-refractivity contribution in [2.24, 2.45) is 0 Å². The van der Waals surface area contributed by atoms with Gasteiger partial charge in [-0.2, -0.15) is 13.2 Å². The number of aliphatic carboxylic acids is 1. The summed E-state index contributed by atoms with van der Waals surface area (Å²) in [5.74, 6) is -0.971. The lowest BCUT2D eigenvalue weighted by atomic mass is 9.94. The molecule has 2 unspecified atom stereocenters. The minimum Gasteiger partial charge on any atom is -0.480 e. The second-order valence-electron chi connectivity index (χ2n) is 6.31. The highest BCUT2D eigenvalue weighted by molar-refractivity contribution is 6.30. The predicted molar refractivity (Wildman–Crippen MR) is 92.1 cm³/mol. The van der Waals surface area contributed by atoms with E-state index >= 15 is 0 Å². The molecule has 0 aliphatic carbocycles. The first kappa shape index (κ1) is 18.7. The first-order valence-corrected chi connectivity index (χ1v) is 8.56. The normalized spacial score (nSPS) is 19.5. The summed E-state index contributed by atoms with van der Waals surface area (Å²) in [6, 6.07) is 10.5. The predicted octanol–water partition coefficient (Wildman–Crippen LogP) is 5.00. The van der Waals surface area contributed by atoms with E-state index in [4.69, 9.17) is 11.6 Å². The lowest BCUT2D eigenvalue weighted by molar-refractivity contribution is -0.143. The van der Waals surface area contributed by atoms with Crippen LogP contribution in [0.2, 0.25) is 5.02 Å². The molecule has 0 spiro atoms. The van der Waals surface area contributed by atoms with E-state index < -0.39 is 29.8 Å². The Morgan fingerprint density at radius 1 is 1.15 bits per heavy atom. The molecule has 1 aliphatic rings. The highest BCUT2D eigenvalue weighted by atomic mass is 35.5. The molecule has 1 aliphatic heterocycles. The topological polar surface area (TPSA) is 40.5 Å². The van der Waals surface area contributed by atoms with Crippen molar-refractivity contribution in [2.45, 2.75) is 31.1 Å². The summed E-state index contributed by atoms with van der Waals surface area (Å²) in [5, 5.41) is 9.97. The molecule has 0 radical (unpaired) electrons. The maximum absolute atomic E-state index is 13.2. The van der Waals surface area contributed by atoms with Gasteiger partial charge in [-0.3, -0.25) is 9.69 Å². The number of nitrogens with zero attached hydrogens (tertiary/aromatic N) is 1. The van der Waals surface area contributed by atoms with Gasteiger partial charge in [0.05, 0.1) is 11.6 Å². The van der Waals surface area contributed by atoms with Gasteiger partial charge in [-0.25, -0.2) is 0 Å². The van der Waals surface area contributed by atoms with Crippen molar-refractivity contribution in [1.82, 2.24) is 4.90 Å². The molecular weight excluding hydrogens is 367 g/mol. The van der Waals surface area contributed by atoms with Crippen molar-refractivity contribution in [3.63, 3.8) is 0 Å². The number of hydrogen-bond acceptors (Lipinski definition) is 2. The molecule has 2 atom stereocenters. The number of alkyl halides is 3. The van der Waals surface area contributed by atoms with Crippen LogP contribution in [0.15, 0.2) is 48.5 Å². The van der Waals surface area contributed by atoms with Crippen molar-refractivity contribution >= 4 is 17.6 Å². The van der Waals surface area contributed by atoms with E-state index in [-0.39, 0.29) is 0 Å². The standard InChI is InChI=1S/C19H17ClF3NO2/c20-15-7-2-5-13(11-15)17(24-9-3-8-16(24)18(25)26)12-4-1-6-14(10-12)19(21,22)23/h1-2,4-7,10-11,16-17H,3,8-9H2,(H,25,26). The summed E-state index contributed by atoms with van der Waals surface area (Å²) in [6.07, 6.45) is -3.33. The third-order valence-corrected chi connectivity index (χ3v) is 4.84. The van der Waals surface area contributed by atoms with Crippen LogP contribution in [0.25, 0.3) is 0 Å². The van der Waals surface area contributed by atoms with Gasteiger partial charge in [0.1, 0.15) is 6.04 Å². The van der Waals surface area contributed by atoms with Gasteiger partial charge >= 0.3 is 12.1 Å². The minimum atomic E-state index is -4.47. The smallest absolute Gasteiger partial charge is 0.416 e. The third kappa shape index (κ3) is 3.86. The molecule has 1 fully saturated rings. The number of carbonyl (C=O) groups is 1. The SMILES string of the molecule is O=C(O)C1CCCN1C(c1cccc(Cl)c1)c1cccc(C(F)(F)F)c1. The fraction of sp³-hybridized carbons (Fsp3) is 0.316. The van der Waals surface area contributed by atoms with E-state index in [9.17, 15) is 23.1 Å². The summed E-state index contributed by atoms with van der Waals surface area (Å²) in [7, 11) is 0. The van der Waals surface area contributed by atoms with Gasteiger partial charge in [0.15, 0.2) is 0 Å². The van der Waals surface area contributed by atoms with Crippen LogP contribution in [0.5, 0.6) is 0 Å². The average Bonchev–Trinajstić information content (AvgIpc) is 3.04. The van der Waals surface area contributed by atoms with Crippen LogP contribution in [0, 0.1) is 0 Å². The van der Waals surface area contributed by atoms with Crippen LogP contribution in [-0.4, -0.2) is 28.6 Å². The molecule has 138 valence electrons. The van der Waals surface area contributed by atoms with Crippen molar-refractivity contribution in [1.29, 1.82) is 0 Å². The fourth-order valence-corrected chi connectivity index (χ4v) is 3.70. The van der Waals surface area contributed by atoms with Crippen molar-refractivity contribution < 1.29 is 23.1 Å². The number of likely N-dealkylation sites (tertiary alicyclic amines) is 1. The lowest BCUT2D eigenvalue weighted by Crippen LogP contribution is -2.39. The fourth-order valence-electron chi connectivity index (χ4n) is 3.50. The van der Waals surface area contributed by atoms with E-state index in [2.05, 4.69) is 0 Å². The Bertz CT molecular complexity index is 809. The van der Waals surface area contributed by atoms with Gasteiger partial charge in [-0.05, 0) is 48.2 Å². The molecular formula is C19H17ClF3NO2. The molecule has 3 rings (SSSR count). The van der Waals surface area contributed by atoms with Crippen molar-refractivity contribution in [3.8, 4) is 0 Å². The molecule has 0 saturated carbocycles. The summed E-state index contributed by atoms with van der Waals surface area (Å²) in [6.45, 7) is 0.490. The summed E-state index contributed by atoms with van der Waals surface area (Å²) < 4.78 is 39.5. The summed E-state index contributed by atoms with van der Waals surface area (Å²) in [4.78, 5) is 13.4. The van der Waals surface area contributed by atoms with Gasteiger partial charge in [-0.1, -0.05) is 35.9 Å². The summed E-state index contributed by atoms with van der Waals surface area (Å²) in [5.41, 5.74) is 0.313. The highest BCUT2D eigenvalue weighted by Gasteiger charge is 2.38. The van der Waals surface area contributed by atoms with Gasteiger partial charge in [-0.15, -0.1) is 0 Å². The zero-order valence-electron chi connectivity index (χ0n) is 13.7. The Morgan fingerprint density at radius 2 is 1.81 bits per heavy atom. The molecule has 7 heteroatoms. The van der Waals surface area contributed by atoms with Gasteiger partial charge < -0.3 is 5.11 Å². The lowest BCUT2D eigenvalue weighted by Gasteiger charge is -2.32. The molecule has 2 aromatic carbocycles. The average molecular weight is 384 g/mol. The number of carboxylic acids is 1. The van der Waals surface area contributed by atoms with Crippen LogP contribution in [0.3, 0.4) is 0 Å². The van der Waals surface area contributed by atoms with Gasteiger partial charge in [0.2, 0.25) is 0 Å². The Morgan fingerprint density at radius 3 is 2.42 bits per heavy atom. The van der Waals surface area contributed by atoms with E-state index in [1.807, 2.05) is 0 Å². The molecule has 1 heterocycles. The van der Waals surface area contributed by atoms with E-state index in [0.717, 1.165) is 12.1 Å². The Kier molecular flexibility index (Phi) is 5.25. The van der Waals surface area contributed by atoms with Crippen molar-refractivity contribution in [2.75, 3.05) is 6.54 Å². The van der Waals surface area contributed by atoms with Crippen LogP contribution in [0.1, 0.15) is 35.6 Å². The van der Waals surface area contributed by atoms with Crippen LogP contribution in [-0.2, 0) is 11.0 Å². The second kappa shape index (κ2) is 7.29. The van der Waals surface area contributed by atoms with Gasteiger partial charge in [0.25, 0.3) is 0 Å².